The molecule has 118 valence electrons. The van der Waals surface area contributed by atoms with Crippen molar-refractivity contribution in [2.24, 2.45) is 10.9 Å². The van der Waals surface area contributed by atoms with Crippen molar-refractivity contribution < 1.29 is 5.11 Å². The third kappa shape index (κ3) is 4.68. The standard InChI is InChI=1S/C15H26N4OS/c1-4-16-15(17-8-12-6-5-7-13(12)20)18-9-14-19-10(2)11(3)21-14/h12-13,20H,4-9H2,1-3H3,(H2,16,17,18). The highest BCUT2D eigenvalue weighted by Crippen LogP contribution is 2.24. The van der Waals surface area contributed by atoms with Gasteiger partial charge in [0.05, 0.1) is 18.3 Å². The lowest BCUT2D eigenvalue weighted by atomic mass is 10.1. The van der Waals surface area contributed by atoms with E-state index in [9.17, 15) is 5.11 Å². The van der Waals surface area contributed by atoms with Gasteiger partial charge in [-0.05, 0) is 33.6 Å². The lowest BCUT2D eigenvalue weighted by Gasteiger charge is -2.17. The van der Waals surface area contributed by atoms with E-state index in [1.54, 1.807) is 11.3 Å². The van der Waals surface area contributed by atoms with Gasteiger partial charge in [0.25, 0.3) is 0 Å². The summed E-state index contributed by atoms with van der Waals surface area (Å²) in [6.07, 6.45) is 2.99. The minimum absolute atomic E-state index is 0.162. The van der Waals surface area contributed by atoms with Crippen LogP contribution in [-0.2, 0) is 6.54 Å². The van der Waals surface area contributed by atoms with E-state index < -0.39 is 0 Å². The van der Waals surface area contributed by atoms with Crippen LogP contribution in [0.3, 0.4) is 0 Å². The topological polar surface area (TPSA) is 69.5 Å². The highest BCUT2D eigenvalue weighted by atomic mass is 32.1. The fourth-order valence-corrected chi connectivity index (χ4v) is 3.44. The zero-order valence-corrected chi connectivity index (χ0v) is 14.0. The van der Waals surface area contributed by atoms with E-state index in [2.05, 4.69) is 34.5 Å². The maximum absolute atomic E-state index is 9.86. The Morgan fingerprint density at radius 1 is 1.38 bits per heavy atom. The molecular weight excluding hydrogens is 284 g/mol. The number of aliphatic imine (C=N–C) groups is 1. The Labute approximate surface area is 130 Å². The predicted molar refractivity (Wildman–Crippen MR) is 87.8 cm³/mol. The van der Waals surface area contributed by atoms with Crippen LogP contribution in [0.1, 0.15) is 41.8 Å². The van der Waals surface area contributed by atoms with E-state index in [4.69, 9.17) is 0 Å². The predicted octanol–water partition coefficient (Wildman–Crippen LogP) is 1.98. The van der Waals surface area contributed by atoms with Crippen LogP contribution in [0.4, 0.5) is 0 Å². The number of aliphatic hydroxyl groups excluding tert-OH is 1. The van der Waals surface area contributed by atoms with Gasteiger partial charge in [0.2, 0.25) is 0 Å². The largest absolute Gasteiger partial charge is 0.393 e. The van der Waals surface area contributed by atoms with Gasteiger partial charge in [-0.1, -0.05) is 6.42 Å². The number of hydrogen-bond donors (Lipinski definition) is 3. The first-order valence-corrected chi connectivity index (χ1v) is 8.55. The van der Waals surface area contributed by atoms with Crippen LogP contribution in [-0.4, -0.2) is 35.2 Å². The van der Waals surface area contributed by atoms with Crippen LogP contribution >= 0.6 is 11.3 Å². The van der Waals surface area contributed by atoms with E-state index in [1.807, 2.05) is 6.92 Å². The molecule has 0 spiro atoms. The molecule has 2 rings (SSSR count). The summed E-state index contributed by atoms with van der Waals surface area (Å²) in [4.78, 5) is 10.3. The summed E-state index contributed by atoms with van der Waals surface area (Å²) < 4.78 is 0. The third-order valence-corrected chi connectivity index (χ3v) is 5.00. The highest BCUT2D eigenvalue weighted by molar-refractivity contribution is 7.11. The molecule has 0 bridgehead atoms. The van der Waals surface area contributed by atoms with Crippen molar-refractivity contribution >= 4 is 17.3 Å². The highest BCUT2D eigenvalue weighted by Gasteiger charge is 2.24. The summed E-state index contributed by atoms with van der Waals surface area (Å²) >= 11 is 1.70. The molecule has 1 saturated carbocycles. The first-order valence-electron chi connectivity index (χ1n) is 7.73. The quantitative estimate of drug-likeness (QED) is 0.574. The number of thiazole rings is 1. The van der Waals surface area contributed by atoms with Gasteiger partial charge >= 0.3 is 0 Å². The van der Waals surface area contributed by atoms with Crippen molar-refractivity contribution in [2.75, 3.05) is 13.1 Å². The number of hydrogen-bond acceptors (Lipinski definition) is 4. The number of guanidine groups is 1. The Morgan fingerprint density at radius 3 is 2.76 bits per heavy atom. The molecule has 0 aromatic carbocycles. The van der Waals surface area contributed by atoms with Crippen molar-refractivity contribution in [3.63, 3.8) is 0 Å². The summed E-state index contributed by atoms with van der Waals surface area (Å²) in [5.41, 5.74) is 1.09. The Bertz CT molecular complexity index is 467. The van der Waals surface area contributed by atoms with Gasteiger partial charge in [-0.2, -0.15) is 0 Å². The van der Waals surface area contributed by atoms with Crippen molar-refractivity contribution in [2.45, 2.75) is 52.7 Å². The summed E-state index contributed by atoms with van der Waals surface area (Å²) in [6.45, 7) is 8.38. The van der Waals surface area contributed by atoms with Gasteiger partial charge in [-0.25, -0.2) is 9.98 Å². The molecule has 1 heterocycles. The summed E-state index contributed by atoms with van der Waals surface area (Å²) in [5.74, 6) is 1.15. The summed E-state index contributed by atoms with van der Waals surface area (Å²) in [6, 6.07) is 0. The molecule has 5 nitrogen and oxygen atoms in total. The van der Waals surface area contributed by atoms with E-state index in [-0.39, 0.29) is 6.10 Å². The van der Waals surface area contributed by atoms with E-state index in [0.29, 0.717) is 12.5 Å². The molecule has 21 heavy (non-hydrogen) atoms. The Hall–Kier alpha value is -1.14. The SMILES string of the molecule is CCNC(=NCc1nc(C)c(C)s1)NCC1CCCC1O. The molecule has 1 aliphatic carbocycles. The number of aliphatic hydroxyl groups is 1. The molecule has 3 N–H and O–H groups in total. The van der Waals surface area contributed by atoms with Gasteiger partial charge < -0.3 is 15.7 Å². The van der Waals surface area contributed by atoms with Crippen molar-refractivity contribution in [3.05, 3.63) is 15.6 Å². The van der Waals surface area contributed by atoms with Gasteiger partial charge in [-0.3, -0.25) is 0 Å². The van der Waals surface area contributed by atoms with Crippen molar-refractivity contribution in [3.8, 4) is 0 Å². The fraction of sp³-hybridized carbons (Fsp3) is 0.733. The molecule has 0 aliphatic heterocycles. The lowest BCUT2D eigenvalue weighted by molar-refractivity contribution is 0.134. The van der Waals surface area contributed by atoms with Gasteiger partial charge in [0, 0.05) is 23.9 Å². The van der Waals surface area contributed by atoms with Crippen LogP contribution in [0.25, 0.3) is 0 Å². The maximum Gasteiger partial charge on any atom is 0.191 e. The first-order chi connectivity index (χ1) is 10.1. The molecule has 0 amide bonds. The lowest BCUT2D eigenvalue weighted by Crippen LogP contribution is -2.41. The number of aromatic nitrogens is 1. The smallest absolute Gasteiger partial charge is 0.191 e. The summed E-state index contributed by atoms with van der Waals surface area (Å²) in [7, 11) is 0. The molecule has 0 saturated heterocycles. The molecule has 1 aromatic heterocycles. The molecule has 0 radical (unpaired) electrons. The molecule has 6 heteroatoms. The minimum atomic E-state index is -0.162. The zero-order chi connectivity index (χ0) is 15.2. The van der Waals surface area contributed by atoms with E-state index in [1.165, 1.54) is 4.88 Å². The van der Waals surface area contributed by atoms with Crippen LogP contribution in [0.5, 0.6) is 0 Å². The van der Waals surface area contributed by atoms with E-state index in [0.717, 1.165) is 49.0 Å². The molecule has 1 fully saturated rings. The number of rotatable bonds is 5. The van der Waals surface area contributed by atoms with Crippen molar-refractivity contribution in [1.29, 1.82) is 0 Å². The minimum Gasteiger partial charge on any atom is -0.393 e. The number of aryl methyl sites for hydroxylation is 2. The number of nitrogens with one attached hydrogen (secondary N) is 2. The second-order valence-corrected chi connectivity index (χ2v) is 6.87. The molecule has 2 atom stereocenters. The van der Waals surface area contributed by atoms with Crippen LogP contribution in [0.2, 0.25) is 0 Å². The summed E-state index contributed by atoms with van der Waals surface area (Å²) in [5, 5.41) is 17.5. The second-order valence-electron chi connectivity index (χ2n) is 5.58. The molecule has 1 aliphatic rings. The van der Waals surface area contributed by atoms with Crippen LogP contribution in [0, 0.1) is 19.8 Å². The van der Waals surface area contributed by atoms with Gasteiger partial charge in [0.1, 0.15) is 5.01 Å². The zero-order valence-electron chi connectivity index (χ0n) is 13.1. The first kappa shape index (κ1) is 16.2. The average Bonchev–Trinajstić information content (AvgIpc) is 3.00. The van der Waals surface area contributed by atoms with Crippen LogP contribution in [0.15, 0.2) is 4.99 Å². The number of nitrogens with zero attached hydrogens (tertiary/aromatic N) is 2. The van der Waals surface area contributed by atoms with E-state index >= 15 is 0 Å². The monoisotopic (exact) mass is 310 g/mol. The molecule has 1 aromatic rings. The van der Waals surface area contributed by atoms with Gasteiger partial charge in [0.15, 0.2) is 5.96 Å². The van der Waals surface area contributed by atoms with Crippen LogP contribution < -0.4 is 10.6 Å². The Kier molecular flexibility index (Phi) is 5.99. The Morgan fingerprint density at radius 2 is 2.19 bits per heavy atom. The Balaban J connectivity index is 1.89. The third-order valence-electron chi connectivity index (χ3n) is 3.94. The average molecular weight is 310 g/mol. The second kappa shape index (κ2) is 7.75. The van der Waals surface area contributed by atoms with Gasteiger partial charge in [-0.15, -0.1) is 11.3 Å². The molecular formula is C15H26N4OS. The maximum atomic E-state index is 9.86. The normalized spacial score (nSPS) is 22.6. The van der Waals surface area contributed by atoms with Crippen molar-refractivity contribution in [1.82, 2.24) is 15.6 Å². The molecule has 2 unspecified atom stereocenters. The fourth-order valence-electron chi connectivity index (χ4n) is 2.58.